The predicted octanol–water partition coefficient (Wildman–Crippen LogP) is 0.621. The molecule has 0 bridgehead atoms. The minimum Gasteiger partial charge on any atom is -0.478 e. The fourth-order valence-electron chi connectivity index (χ4n) is 2.12. The van der Waals surface area contributed by atoms with E-state index < -0.39 is 31.1 Å². The summed E-state index contributed by atoms with van der Waals surface area (Å²) < 4.78 is 0. The number of amides is 1. The van der Waals surface area contributed by atoms with Crippen LogP contribution in [0.5, 0.6) is 0 Å². The van der Waals surface area contributed by atoms with Crippen molar-refractivity contribution in [3.05, 3.63) is 47.5 Å². The lowest BCUT2D eigenvalue weighted by Crippen LogP contribution is -2.40. The van der Waals surface area contributed by atoms with Crippen molar-refractivity contribution in [1.82, 2.24) is 5.32 Å². The van der Waals surface area contributed by atoms with Gasteiger partial charge in [0, 0.05) is 10.9 Å². The minimum absolute atomic E-state index is 0.0304. The number of aliphatic hydroxyl groups excluding tert-OH is 2. The predicted molar refractivity (Wildman–Crippen MR) is 76.3 cm³/mol. The average Bonchev–Trinajstić information content (AvgIpc) is 2.50. The Morgan fingerprint density at radius 2 is 1.57 bits per heavy atom. The number of aliphatic hydroxyl groups is 2. The van der Waals surface area contributed by atoms with Crippen LogP contribution in [0.1, 0.15) is 20.7 Å². The summed E-state index contributed by atoms with van der Waals surface area (Å²) in [4.78, 5) is 23.5. The largest absolute Gasteiger partial charge is 0.478 e. The molecule has 0 aliphatic heterocycles. The molecule has 6 heteroatoms. The summed E-state index contributed by atoms with van der Waals surface area (Å²) >= 11 is 0. The van der Waals surface area contributed by atoms with Crippen LogP contribution in [0, 0.1) is 0 Å². The first-order chi connectivity index (χ1) is 10.1. The van der Waals surface area contributed by atoms with Gasteiger partial charge in [0.15, 0.2) is 0 Å². The van der Waals surface area contributed by atoms with Crippen LogP contribution >= 0.6 is 0 Å². The topological polar surface area (TPSA) is 107 Å². The fourth-order valence-corrected chi connectivity index (χ4v) is 2.12. The number of rotatable bonds is 5. The zero-order valence-electron chi connectivity index (χ0n) is 11.1. The van der Waals surface area contributed by atoms with Crippen molar-refractivity contribution in [2.24, 2.45) is 0 Å². The second-order valence-corrected chi connectivity index (χ2v) is 4.55. The average molecular weight is 289 g/mol. The van der Waals surface area contributed by atoms with Gasteiger partial charge >= 0.3 is 5.97 Å². The maximum Gasteiger partial charge on any atom is 0.336 e. The summed E-state index contributed by atoms with van der Waals surface area (Å²) in [6.07, 6.45) is 0. The Morgan fingerprint density at radius 1 is 1.00 bits per heavy atom. The number of carbonyl (C=O) groups is 2. The number of fused-ring (bicyclic) bond motifs is 1. The van der Waals surface area contributed by atoms with Gasteiger partial charge in [-0.2, -0.15) is 0 Å². The minimum atomic E-state index is -1.12. The van der Waals surface area contributed by atoms with Gasteiger partial charge in [0.2, 0.25) is 0 Å². The van der Waals surface area contributed by atoms with Gasteiger partial charge in [0.05, 0.1) is 24.8 Å². The summed E-state index contributed by atoms with van der Waals surface area (Å²) in [5, 5.41) is 30.7. The van der Waals surface area contributed by atoms with Crippen molar-refractivity contribution in [3.63, 3.8) is 0 Å². The second kappa shape index (κ2) is 6.34. The van der Waals surface area contributed by atoms with E-state index in [4.69, 9.17) is 10.2 Å². The molecule has 2 rings (SSSR count). The molecule has 6 nitrogen and oxygen atoms in total. The number of carbonyl (C=O) groups excluding carboxylic acids is 1. The molecule has 2 aromatic rings. The summed E-state index contributed by atoms with van der Waals surface area (Å²) in [7, 11) is 0. The first kappa shape index (κ1) is 15.0. The third-order valence-corrected chi connectivity index (χ3v) is 3.16. The van der Waals surface area contributed by atoms with Gasteiger partial charge < -0.3 is 20.6 Å². The van der Waals surface area contributed by atoms with E-state index in [9.17, 15) is 14.7 Å². The van der Waals surface area contributed by atoms with Crippen LogP contribution in [0.3, 0.4) is 0 Å². The van der Waals surface area contributed by atoms with E-state index in [1.54, 1.807) is 24.3 Å². The number of hydrogen-bond donors (Lipinski definition) is 4. The lowest BCUT2D eigenvalue weighted by atomic mass is 9.98. The van der Waals surface area contributed by atoms with E-state index in [2.05, 4.69) is 5.32 Å². The van der Waals surface area contributed by atoms with Crippen LogP contribution in [0.2, 0.25) is 0 Å². The Morgan fingerprint density at radius 3 is 2.10 bits per heavy atom. The number of benzene rings is 2. The molecule has 110 valence electrons. The standard InChI is InChI=1S/C15H15NO5/c17-7-10(8-18)16-14(19)11-5-1-3-9-4-2-6-12(13(9)11)15(20)21/h1-6,10,17-18H,7-8H2,(H,16,19)(H,20,21). The van der Waals surface area contributed by atoms with Crippen LogP contribution < -0.4 is 5.32 Å². The zero-order chi connectivity index (χ0) is 15.4. The van der Waals surface area contributed by atoms with Crippen molar-refractivity contribution in [1.29, 1.82) is 0 Å². The van der Waals surface area contributed by atoms with E-state index in [0.717, 1.165) is 0 Å². The molecular weight excluding hydrogens is 274 g/mol. The Hall–Kier alpha value is -2.44. The Labute approximate surface area is 120 Å². The van der Waals surface area contributed by atoms with Crippen LogP contribution in [0.15, 0.2) is 36.4 Å². The zero-order valence-corrected chi connectivity index (χ0v) is 11.1. The highest BCUT2D eigenvalue weighted by molar-refractivity contribution is 6.14. The third kappa shape index (κ3) is 3.01. The number of hydrogen-bond acceptors (Lipinski definition) is 4. The fraction of sp³-hybridized carbons (Fsp3) is 0.200. The molecule has 0 saturated carbocycles. The summed E-state index contributed by atoms with van der Waals surface area (Å²) in [5.74, 6) is -1.66. The normalized spacial score (nSPS) is 10.8. The highest BCUT2D eigenvalue weighted by Crippen LogP contribution is 2.23. The molecule has 2 aromatic carbocycles. The van der Waals surface area contributed by atoms with E-state index in [0.29, 0.717) is 10.8 Å². The van der Waals surface area contributed by atoms with Gasteiger partial charge in [-0.3, -0.25) is 4.79 Å². The molecule has 0 atom stereocenters. The molecular formula is C15H15NO5. The molecule has 0 fully saturated rings. The summed E-state index contributed by atoms with van der Waals surface area (Å²) in [6.45, 7) is -0.808. The maximum absolute atomic E-state index is 12.2. The lowest BCUT2D eigenvalue weighted by molar-refractivity contribution is 0.0699. The second-order valence-electron chi connectivity index (χ2n) is 4.55. The molecule has 1 amide bonds. The van der Waals surface area contributed by atoms with Crippen molar-refractivity contribution in [3.8, 4) is 0 Å². The SMILES string of the molecule is O=C(O)c1cccc2cccc(C(=O)NC(CO)CO)c12. The summed E-state index contributed by atoms with van der Waals surface area (Å²) in [5.41, 5.74) is 0.222. The van der Waals surface area contributed by atoms with Crippen molar-refractivity contribution < 1.29 is 24.9 Å². The molecule has 4 N–H and O–H groups in total. The number of carboxylic acids is 1. The van der Waals surface area contributed by atoms with E-state index in [1.807, 2.05) is 0 Å². The first-order valence-electron chi connectivity index (χ1n) is 6.36. The number of carboxylic acid groups (broad SMARTS) is 1. The third-order valence-electron chi connectivity index (χ3n) is 3.16. The molecule has 0 heterocycles. The molecule has 0 aromatic heterocycles. The van der Waals surface area contributed by atoms with Gasteiger partial charge in [0.1, 0.15) is 0 Å². The van der Waals surface area contributed by atoms with E-state index >= 15 is 0 Å². The molecule has 0 unspecified atom stereocenters. The van der Waals surface area contributed by atoms with Crippen molar-refractivity contribution in [2.45, 2.75) is 6.04 Å². The first-order valence-corrected chi connectivity index (χ1v) is 6.36. The number of aromatic carboxylic acids is 1. The lowest BCUT2D eigenvalue weighted by Gasteiger charge is -2.15. The Kier molecular flexibility index (Phi) is 4.52. The van der Waals surface area contributed by atoms with Gasteiger partial charge in [-0.1, -0.05) is 24.3 Å². The van der Waals surface area contributed by atoms with Crippen LogP contribution in [-0.2, 0) is 0 Å². The van der Waals surface area contributed by atoms with E-state index in [-0.39, 0.29) is 11.1 Å². The molecule has 0 saturated heterocycles. The Balaban J connectivity index is 2.53. The Bertz CT molecular complexity index is 674. The molecule has 0 aliphatic carbocycles. The van der Waals surface area contributed by atoms with Gasteiger partial charge in [-0.25, -0.2) is 4.79 Å². The van der Waals surface area contributed by atoms with Gasteiger partial charge in [0.25, 0.3) is 5.91 Å². The molecule has 0 radical (unpaired) electrons. The van der Waals surface area contributed by atoms with Crippen LogP contribution in [0.4, 0.5) is 0 Å². The summed E-state index contributed by atoms with van der Waals surface area (Å²) in [6, 6.07) is 8.84. The van der Waals surface area contributed by atoms with Crippen molar-refractivity contribution >= 4 is 22.6 Å². The molecule has 0 spiro atoms. The highest BCUT2D eigenvalue weighted by Gasteiger charge is 2.18. The highest BCUT2D eigenvalue weighted by atomic mass is 16.4. The molecule has 0 aliphatic rings. The van der Waals surface area contributed by atoms with Crippen LogP contribution in [-0.4, -0.2) is 46.5 Å². The van der Waals surface area contributed by atoms with Crippen molar-refractivity contribution in [2.75, 3.05) is 13.2 Å². The molecule has 21 heavy (non-hydrogen) atoms. The smallest absolute Gasteiger partial charge is 0.336 e. The monoisotopic (exact) mass is 289 g/mol. The van der Waals surface area contributed by atoms with Crippen LogP contribution in [0.25, 0.3) is 10.8 Å². The van der Waals surface area contributed by atoms with Gasteiger partial charge in [-0.05, 0) is 17.5 Å². The quantitative estimate of drug-likeness (QED) is 0.645. The van der Waals surface area contributed by atoms with E-state index in [1.165, 1.54) is 12.1 Å². The maximum atomic E-state index is 12.2. The number of nitrogens with one attached hydrogen (secondary N) is 1. The van der Waals surface area contributed by atoms with Gasteiger partial charge in [-0.15, -0.1) is 0 Å².